The van der Waals surface area contributed by atoms with E-state index in [1.54, 1.807) is 0 Å². The third-order valence-electron chi connectivity index (χ3n) is 2.43. The van der Waals surface area contributed by atoms with E-state index in [4.69, 9.17) is 11.6 Å². The summed E-state index contributed by atoms with van der Waals surface area (Å²) in [6.07, 6.45) is 0. The van der Waals surface area contributed by atoms with Crippen LogP contribution in [0.25, 0.3) is 0 Å². The predicted molar refractivity (Wildman–Crippen MR) is 73.0 cm³/mol. The van der Waals surface area contributed by atoms with E-state index >= 15 is 0 Å². The number of amides is 1. The number of thiophene rings is 1. The van der Waals surface area contributed by atoms with Crippen LogP contribution in [0.4, 0.5) is 5.69 Å². The number of aryl methyl sites for hydroxylation is 1. The Balaban J connectivity index is 2.10. The highest BCUT2D eigenvalue weighted by Crippen LogP contribution is 2.18. The predicted octanol–water partition coefficient (Wildman–Crippen LogP) is 4.05. The van der Waals surface area contributed by atoms with Crippen molar-refractivity contribution in [3.63, 3.8) is 0 Å². The van der Waals surface area contributed by atoms with Crippen molar-refractivity contribution >= 4 is 34.5 Å². The number of rotatable bonds is 3. The minimum absolute atomic E-state index is 0.0591. The van der Waals surface area contributed by atoms with E-state index in [1.165, 1.54) is 11.3 Å². The molecule has 0 atom stereocenters. The van der Waals surface area contributed by atoms with Crippen molar-refractivity contribution in [1.82, 2.24) is 0 Å². The van der Waals surface area contributed by atoms with Crippen LogP contribution < -0.4 is 5.32 Å². The largest absolute Gasteiger partial charge is 0.321 e. The Morgan fingerprint density at radius 2 is 2.00 bits per heavy atom. The molecule has 2 rings (SSSR count). The molecule has 0 saturated heterocycles. The van der Waals surface area contributed by atoms with Crippen LogP contribution in [-0.4, -0.2) is 5.91 Å². The maximum Gasteiger partial charge on any atom is 0.265 e. The van der Waals surface area contributed by atoms with E-state index in [0.717, 1.165) is 21.7 Å². The fourth-order valence-electron chi connectivity index (χ4n) is 1.47. The van der Waals surface area contributed by atoms with Crippen LogP contribution in [0.5, 0.6) is 0 Å². The summed E-state index contributed by atoms with van der Waals surface area (Å²) in [6.45, 7) is 1.93. The summed E-state index contributed by atoms with van der Waals surface area (Å²) in [5, 5.41) is 4.78. The van der Waals surface area contributed by atoms with Gasteiger partial charge in [0, 0.05) is 11.6 Å². The average molecular weight is 266 g/mol. The van der Waals surface area contributed by atoms with Crippen molar-refractivity contribution in [2.75, 3.05) is 5.32 Å². The van der Waals surface area contributed by atoms with Crippen LogP contribution >= 0.6 is 22.9 Å². The number of alkyl halides is 1. The molecule has 88 valence electrons. The molecule has 0 saturated carbocycles. The van der Waals surface area contributed by atoms with E-state index in [-0.39, 0.29) is 5.91 Å². The number of nitrogens with one attached hydrogen (secondary N) is 1. The summed E-state index contributed by atoms with van der Waals surface area (Å²) in [5.74, 6) is 0.425. The van der Waals surface area contributed by atoms with Crippen molar-refractivity contribution in [1.29, 1.82) is 0 Å². The lowest BCUT2D eigenvalue weighted by molar-refractivity contribution is 0.103. The number of anilines is 1. The van der Waals surface area contributed by atoms with Gasteiger partial charge in [0.1, 0.15) is 0 Å². The molecule has 1 N–H and O–H groups in total. The van der Waals surface area contributed by atoms with Gasteiger partial charge in [-0.1, -0.05) is 12.1 Å². The van der Waals surface area contributed by atoms with Crippen LogP contribution in [0.3, 0.4) is 0 Å². The molecule has 0 spiro atoms. The van der Waals surface area contributed by atoms with Crippen LogP contribution in [-0.2, 0) is 5.88 Å². The summed E-state index contributed by atoms with van der Waals surface area (Å²) in [4.78, 5) is 12.7. The summed E-state index contributed by atoms with van der Waals surface area (Å²) in [7, 11) is 0. The Morgan fingerprint density at radius 1 is 1.29 bits per heavy atom. The second-order valence-electron chi connectivity index (χ2n) is 3.72. The van der Waals surface area contributed by atoms with Gasteiger partial charge in [-0.25, -0.2) is 0 Å². The molecule has 1 aromatic heterocycles. The molecule has 0 aliphatic rings. The Hall–Kier alpha value is -1.32. The molecule has 1 amide bonds. The monoisotopic (exact) mass is 265 g/mol. The fourth-order valence-corrected chi connectivity index (χ4v) is 2.47. The van der Waals surface area contributed by atoms with Gasteiger partial charge in [-0.3, -0.25) is 4.79 Å². The summed E-state index contributed by atoms with van der Waals surface area (Å²) in [6, 6.07) is 9.47. The molecule has 0 radical (unpaired) electrons. The highest BCUT2D eigenvalue weighted by atomic mass is 35.5. The number of carbonyl (C=O) groups is 1. The molecule has 2 nitrogen and oxygen atoms in total. The molecule has 0 bridgehead atoms. The van der Waals surface area contributed by atoms with Crippen molar-refractivity contribution < 1.29 is 4.79 Å². The summed E-state index contributed by atoms with van der Waals surface area (Å²) >= 11 is 7.15. The molecule has 0 fully saturated rings. The summed E-state index contributed by atoms with van der Waals surface area (Å²) < 4.78 is 0. The van der Waals surface area contributed by atoms with Crippen LogP contribution in [0.2, 0.25) is 0 Å². The van der Waals surface area contributed by atoms with Gasteiger partial charge >= 0.3 is 0 Å². The van der Waals surface area contributed by atoms with Gasteiger partial charge in [0.2, 0.25) is 0 Å². The zero-order valence-electron chi connectivity index (χ0n) is 9.37. The van der Waals surface area contributed by atoms with Crippen molar-refractivity contribution in [2.45, 2.75) is 12.8 Å². The van der Waals surface area contributed by atoms with Crippen LogP contribution in [0.1, 0.15) is 20.8 Å². The lowest BCUT2D eigenvalue weighted by Crippen LogP contribution is -2.11. The smallest absolute Gasteiger partial charge is 0.265 e. The topological polar surface area (TPSA) is 29.1 Å². The first-order chi connectivity index (χ1) is 8.20. The van der Waals surface area contributed by atoms with E-state index in [1.807, 2.05) is 42.6 Å². The van der Waals surface area contributed by atoms with Gasteiger partial charge < -0.3 is 5.32 Å². The van der Waals surface area contributed by atoms with Gasteiger partial charge in [0.05, 0.1) is 4.88 Å². The maximum atomic E-state index is 11.9. The standard InChI is InChI=1S/C13H12ClNOS/c1-9-6-7-17-12(9)13(16)15-11-4-2-10(8-14)3-5-11/h2-7H,8H2,1H3,(H,15,16). The zero-order valence-corrected chi connectivity index (χ0v) is 10.9. The highest BCUT2D eigenvalue weighted by molar-refractivity contribution is 7.12. The number of benzene rings is 1. The number of hydrogen-bond donors (Lipinski definition) is 1. The van der Waals surface area contributed by atoms with Crippen LogP contribution in [0, 0.1) is 6.92 Å². The van der Waals surface area contributed by atoms with Gasteiger partial charge in [-0.05, 0) is 41.6 Å². The molecule has 2 aromatic rings. The highest BCUT2D eigenvalue weighted by Gasteiger charge is 2.10. The van der Waals surface area contributed by atoms with Gasteiger partial charge in [-0.15, -0.1) is 22.9 Å². The fraction of sp³-hybridized carbons (Fsp3) is 0.154. The van der Waals surface area contributed by atoms with Crippen molar-refractivity contribution in [3.05, 3.63) is 51.7 Å². The Kier molecular flexibility index (Phi) is 3.82. The summed E-state index contributed by atoms with van der Waals surface area (Å²) in [5.41, 5.74) is 2.83. The number of hydrogen-bond acceptors (Lipinski definition) is 2. The lowest BCUT2D eigenvalue weighted by atomic mass is 10.2. The third kappa shape index (κ3) is 2.87. The molecular formula is C13H12ClNOS. The first-order valence-electron chi connectivity index (χ1n) is 5.21. The maximum absolute atomic E-state index is 11.9. The average Bonchev–Trinajstić information content (AvgIpc) is 2.76. The van der Waals surface area contributed by atoms with Crippen molar-refractivity contribution in [3.8, 4) is 0 Å². The Morgan fingerprint density at radius 3 is 2.53 bits per heavy atom. The Labute approximate surface area is 109 Å². The van der Waals surface area contributed by atoms with Crippen molar-refractivity contribution in [2.24, 2.45) is 0 Å². The third-order valence-corrected chi connectivity index (χ3v) is 3.76. The van der Waals surface area contributed by atoms with E-state index in [2.05, 4.69) is 5.32 Å². The molecule has 0 unspecified atom stereocenters. The SMILES string of the molecule is Cc1ccsc1C(=O)Nc1ccc(CCl)cc1. The number of halogens is 1. The normalized spacial score (nSPS) is 10.2. The molecule has 0 aliphatic carbocycles. The lowest BCUT2D eigenvalue weighted by Gasteiger charge is -2.05. The molecule has 17 heavy (non-hydrogen) atoms. The quantitative estimate of drug-likeness (QED) is 0.834. The van der Waals surface area contributed by atoms with E-state index < -0.39 is 0 Å². The van der Waals surface area contributed by atoms with E-state index in [0.29, 0.717) is 5.88 Å². The molecule has 1 aromatic carbocycles. The van der Waals surface area contributed by atoms with Gasteiger partial charge in [-0.2, -0.15) is 0 Å². The molecule has 0 aliphatic heterocycles. The zero-order chi connectivity index (χ0) is 12.3. The van der Waals surface area contributed by atoms with E-state index in [9.17, 15) is 4.79 Å². The second-order valence-corrected chi connectivity index (χ2v) is 4.90. The molecule has 1 heterocycles. The van der Waals surface area contributed by atoms with Gasteiger partial charge in [0.25, 0.3) is 5.91 Å². The molecular weight excluding hydrogens is 254 g/mol. The first-order valence-corrected chi connectivity index (χ1v) is 6.62. The van der Waals surface area contributed by atoms with Crippen LogP contribution in [0.15, 0.2) is 35.7 Å². The second kappa shape index (κ2) is 5.34. The minimum atomic E-state index is -0.0591. The minimum Gasteiger partial charge on any atom is -0.321 e. The Bertz CT molecular complexity index is 518. The van der Waals surface area contributed by atoms with Gasteiger partial charge in [0.15, 0.2) is 0 Å². The number of carbonyl (C=O) groups excluding carboxylic acids is 1. The molecule has 4 heteroatoms. The first kappa shape index (κ1) is 12.1.